The lowest BCUT2D eigenvalue weighted by molar-refractivity contribution is -0.122. The first-order valence-corrected chi connectivity index (χ1v) is 11.0. The Labute approximate surface area is 188 Å². The summed E-state index contributed by atoms with van der Waals surface area (Å²) in [4.78, 5) is 25.0. The predicted molar refractivity (Wildman–Crippen MR) is 118 cm³/mol. The molecule has 2 heterocycles. The number of nitrogens with two attached hydrogens (primary N) is 1. The van der Waals surface area contributed by atoms with E-state index in [0.29, 0.717) is 54.9 Å². The molecule has 0 radical (unpaired) electrons. The Morgan fingerprint density at radius 3 is 2.45 bits per heavy atom. The van der Waals surface area contributed by atoms with Crippen LogP contribution in [-0.4, -0.2) is 31.5 Å². The van der Waals surface area contributed by atoms with Crippen molar-refractivity contribution in [2.75, 3.05) is 10.6 Å². The van der Waals surface area contributed by atoms with Crippen LogP contribution in [0.1, 0.15) is 52.0 Å². The number of hydrogen-bond donors (Lipinski definition) is 3. The van der Waals surface area contributed by atoms with Crippen LogP contribution in [0.4, 0.5) is 30.8 Å². The molecule has 0 bridgehead atoms. The second-order valence-electron chi connectivity index (χ2n) is 8.44. The summed E-state index contributed by atoms with van der Waals surface area (Å²) in [5, 5.41) is 5.90. The number of amides is 1. The summed E-state index contributed by atoms with van der Waals surface area (Å²) in [6.45, 7) is 4.04. The molecule has 4 rings (SSSR count). The van der Waals surface area contributed by atoms with Crippen molar-refractivity contribution in [1.82, 2.24) is 19.5 Å². The van der Waals surface area contributed by atoms with Gasteiger partial charge in [-0.15, -0.1) is 0 Å². The topological polar surface area (TPSA) is 111 Å². The SMILES string of the molecule is CC[C@H](C)Nc1ncc2nc(Nc3c(F)cc(F)cc3F)n(C3CCC(C(N)=O)CC3)c2n1. The highest BCUT2D eigenvalue weighted by molar-refractivity contribution is 5.78. The fourth-order valence-electron chi connectivity index (χ4n) is 4.11. The number of halogens is 3. The van der Waals surface area contributed by atoms with E-state index in [1.165, 1.54) is 0 Å². The van der Waals surface area contributed by atoms with Gasteiger partial charge in [-0.2, -0.15) is 4.98 Å². The molecular weight excluding hydrogens is 435 g/mol. The normalized spacial score (nSPS) is 19.4. The summed E-state index contributed by atoms with van der Waals surface area (Å²) >= 11 is 0. The molecule has 4 N–H and O–H groups in total. The summed E-state index contributed by atoms with van der Waals surface area (Å²) in [6, 6.07) is 1.21. The van der Waals surface area contributed by atoms with Crippen molar-refractivity contribution in [2.45, 2.75) is 58.0 Å². The first kappa shape index (κ1) is 22.8. The second kappa shape index (κ2) is 9.24. The monoisotopic (exact) mass is 461 g/mol. The molecule has 1 aliphatic carbocycles. The van der Waals surface area contributed by atoms with E-state index in [1.807, 2.05) is 13.8 Å². The van der Waals surface area contributed by atoms with Crippen LogP contribution in [-0.2, 0) is 4.79 Å². The molecule has 1 amide bonds. The van der Waals surface area contributed by atoms with Crippen molar-refractivity contribution in [1.29, 1.82) is 0 Å². The number of rotatable bonds is 7. The molecule has 0 unspecified atom stereocenters. The molecule has 8 nitrogen and oxygen atoms in total. The number of carbonyl (C=O) groups excluding carboxylic acids is 1. The van der Waals surface area contributed by atoms with Gasteiger partial charge in [0.2, 0.25) is 17.8 Å². The second-order valence-corrected chi connectivity index (χ2v) is 8.44. The molecule has 0 saturated heterocycles. The fraction of sp³-hybridized carbons (Fsp3) is 0.455. The molecule has 0 aliphatic heterocycles. The molecule has 2 aromatic heterocycles. The molecule has 0 spiro atoms. The van der Waals surface area contributed by atoms with Crippen LogP contribution < -0.4 is 16.4 Å². The van der Waals surface area contributed by atoms with Gasteiger partial charge in [-0.05, 0) is 39.0 Å². The van der Waals surface area contributed by atoms with E-state index in [-0.39, 0.29) is 29.9 Å². The highest BCUT2D eigenvalue weighted by atomic mass is 19.1. The Morgan fingerprint density at radius 2 is 1.85 bits per heavy atom. The van der Waals surface area contributed by atoms with Crippen LogP contribution in [0.25, 0.3) is 11.2 Å². The van der Waals surface area contributed by atoms with Gasteiger partial charge in [0.1, 0.15) is 17.0 Å². The molecule has 11 heteroatoms. The Bertz CT molecular complexity index is 1150. The maximum atomic E-state index is 14.3. The summed E-state index contributed by atoms with van der Waals surface area (Å²) in [7, 11) is 0. The average Bonchev–Trinajstić information content (AvgIpc) is 3.13. The molecule has 3 aromatic rings. The fourth-order valence-corrected chi connectivity index (χ4v) is 4.11. The molecule has 1 aliphatic rings. The third kappa shape index (κ3) is 4.71. The number of nitrogens with one attached hydrogen (secondary N) is 2. The van der Waals surface area contributed by atoms with Crippen LogP contribution in [0.15, 0.2) is 18.3 Å². The lowest BCUT2D eigenvalue weighted by Crippen LogP contribution is -2.29. The lowest BCUT2D eigenvalue weighted by Gasteiger charge is -2.29. The zero-order valence-electron chi connectivity index (χ0n) is 18.4. The summed E-state index contributed by atoms with van der Waals surface area (Å²) in [6.07, 6.45) is 4.80. The van der Waals surface area contributed by atoms with Gasteiger partial charge in [0.05, 0.1) is 6.20 Å². The van der Waals surface area contributed by atoms with Gasteiger partial charge in [0, 0.05) is 30.1 Å². The summed E-state index contributed by atoms with van der Waals surface area (Å²) in [5.74, 6) is -3.14. The Kier molecular flexibility index (Phi) is 6.39. The van der Waals surface area contributed by atoms with Crippen LogP contribution >= 0.6 is 0 Å². The molecular formula is C22H26F3N7O. The van der Waals surface area contributed by atoms with E-state index in [9.17, 15) is 18.0 Å². The summed E-state index contributed by atoms with van der Waals surface area (Å²) < 4.78 is 43.8. The van der Waals surface area contributed by atoms with Crippen molar-refractivity contribution < 1.29 is 18.0 Å². The van der Waals surface area contributed by atoms with E-state index in [1.54, 1.807) is 10.8 Å². The number of hydrogen-bond acceptors (Lipinski definition) is 6. The van der Waals surface area contributed by atoms with Gasteiger partial charge in [0.25, 0.3) is 0 Å². The third-order valence-electron chi connectivity index (χ3n) is 6.13. The Morgan fingerprint density at radius 1 is 1.18 bits per heavy atom. The predicted octanol–water partition coefficient (Wildman–Crippen LogP) is 4.41. The zero-order chi connectivity index (χ0) is 23.7. The van der Waals surface area contributed by atoms with Crippen LogP contribution in [0.5, 0.6) is 0 Å². The number of nitrogens with zero attached hydrogens (tertiary/aromatic N) is 4. The third-order valence-corrected chi connectivity index (χ3v) is 6.13. The largest absolute Gasteiger partial charge is 0.369 e. The number of benzene rings is 1. The van der Waals surface area contributed by atoms with Crippen molar-refractivity contribution in [3.05, 3.63) is 35.8 Å². The first-order valence-electron chi connectivity index (χ1n) is 11.0. The molecule has 1 aromatic carbocycles. The smallest absolute Gasteiger partial charge is 0.224 e. The average molecular weight is 461 g/mol. The minimum absolute atomic E-state index is 0.133. The molecule has 1 fully saturated rings. The maximum Gasteiger partial charge on any atom is 0.224 e. The number of aromatic nitrogens is 4. The number of anilines is 3. The van der Waals surface area contributed by atoms with Gasteiger partial charge >= 0.3 is 0 Å². The molecule has 1 atom stereocenters. The van der Waals surface area contributed by atoms with Gasteiger partial charge in [0.15, 0.2) is 17.3 Å². The molecule has 1 saturated carbocycles. The van der Waals surface area contributed by atoms with Crippen molar-refractivity contribution in [2.24, 2.45) is 11.7 Å². The minimum atomic E-state index is -1.08. The van der Waals surface area contributed by atoms with Gasteiger partial charge in [-0.25, -0.2) is 23.1 Å². The maximum absolute atomic E-state index is 14.3. The van der Waals surface area contributed by atoms with Crippen LogP contribution in [0, 0.1) is 23.4 Å². The van der Waals surface area contributed by atoms with Crippen molar-refractivity contribution in [3.63, 3.8) is 0 Å². The van der Waals surface area contributed by atoms with Gasteiger partial charge < -0.3 is 16.4 Å². The molecule has 33 heavy (non-hydrogen) atoms. The standard InChI is InChI=1S/C22H26F3N7O/c1-3-11(2)28-21-27-10-17-20(31-21)32(14-6-4-12(5-7-14)19(26)33)22(29-17)30-18-15(24)8-13(23)9-16(18)25/h8-12,14H,3-7H2,1-2H3,(H2,26,33)(H,29,30)(H,27,28,31)/t11-,12?,14?/m0/s1. The zero-order valence-corrected chi connectivity index (χ0v) is 18.4. The van der Waals surface area contributed by atoms with Gasteiger partial charge in [-0.1, -0.05) is 6.92 Å². The van der Waals surface area contributed by atoms with Crippen LogP contribution in [0.3, 0.4) is 0 Å². The summed E-state index contributed by atoms with van der Waals surface area (Å²) in [5.41, 5.74) is 5.88. The highest BCUT2D eigenvalue weighted by Crippen LogP contribution is 2.37. The number of primary amides is 1. The van der Waals surface area contributed by atoms with E-state index in [0.717, 1.165) is 6.42 Å². The number of imidazole rings is 1. The van der Waals surface area contributed by atoms with Crippen LogP contribution in [0.2, 0.25) is 0 Å². The first-order chi connectivity index (χ1) is 15.8. The lowest BCUT2D eigenvalue weighted by atomic mass is 9.85. The number of fused-ring (bicyclic) bond motifs is 1. The van der Waals surface area contributed by atoms with E-state index in [2.05, 4.69) is 25.6 Å². The van der Waals surface area contributed by atoms with Gasteiger partial charge in [-0.3, -0.25) is 9.36 Å². The minimum Gasteiger partial charge on any atom is -0.369 e. The Hall–Kier alpha value is -3.37. The van der Waals surface area contributed by atoms with Crippen molar-refractivity contribution >= 4 is 34.7 Å². The highest BCUT2D eigenvalue weighted by Gasteiger charge is 2.29. The van der Waals surface area contributed by atoms with E-state index in [4.69, 9.17) is 5.73 Å². The number of carbonyl (C=O) groups is 1. The van der Waals surface area contributed by atoms with E-state index >= 15 is 0 Å². The molecule has 176 valence electrons. The quantitative estimate of drug-likeness (QED) is 0.481. The van der Waals surface area contributed by atoms with Crippen molar-refractivity contribution in [3.8, 4) is 0 Å². The van der Waals surface area contributed by atoms with E-state index < -0.39 is 23.1 Å². The Balaban J connectivity index is 1.77.